The van der Waals surface area contributed by atoms with Crippen LogP contribution in [0.5, 0.6) is 0 Å². The van der Waals surface area contributed by atoms with Crippen LogP contribution in [0, 0.1) is 5.92 Å². The Morgan fingerprint density at radius 3 is 2.50 bits per heavy atom. The fourth-order valence-corrected chi connectivity index (χ4v) is 2.17. The molecule has 0 radical (unpaired) electrons. The number of alkyl halides is 3. The number of halogens is 3. The van der Waals surface area contributed by atoms with Gasteiger partial charge in [-0.05, 0) is 12.8 Å². The summed E-state index contributed by atoms with van der Waals surface area (Å²) in [5.74, 6) is 0.231. The van der Waals surface area contributed by atoms with Crippen molar-refractivity contribution < 1.29 is 0 Å². The third-order valence-electron chi connectivity index (χ3n) is 1.72. The van der Waals surface area contributed by atoms with E-state index in [1.54, 1.807) is 0 Å². The molecule has 1 aliphatic rings. The van der Waals surface area contributed by atoms with E-state index in [-0.39, 0.29) is 16.1 Å². The molecule has 0 saturated heterocycles. The fourth-order valence-electron chi connectivity index (χ4n) is 1.08. The molecule has 0 heterocycles. The molecule has 0 aliphatic heterocycles. The van der Waals surface area contributed by atoms with Gasteiger partial charge in [-0.1, -0.05) is 12.2 Å². The molecule has 0 bridgehead atoms. The van der Waals surface area contributed by atoms with Crippen molar-refractivity contribution in [3.63, 3.8) is 0 Å². The maximum atomic E-state index is 5.92. The zero-order valence-electron chi connectivity index (χ0n) is 5.43. The van der Waals surface area contributed by atoms with E-state index in [1.807, 2.05) is 6.08 Å². The SMILES string of the molecule is ClC(Cl)C1CCC=CC1Cl. The standard InChI is InChI=1S/C7H9Cl3/c8-6-4-2-1-3-5(6)7(9)10/h2,4-7H,1,3H2. The van der Waals surface area contributed by atoms with Crippen LogP contribution in [0.25, 0.3) is 0 Å². The zero-order chi connectivity index (χ0) is 7.56. The van der Waals surface area contributed by atoms with Crippen molar-refractivity contribution in [1.82, 2.24) is 0 Å². The van der Waals surface area contributed by atoms with E-state index in [1.165, 1.54) is 0 Å². The van der Waals surface area contributed by atoms with Gasteiger partial charge in [0.15, 0.2) is 0 Å². The number of rotatable bonds is 1. The highest BCUT2D eigenvalue weighted by Crippen LogP contribution is 2.30. The van der Waals surface area contributed by atoms with Gasteiger partial charge in [0.2, 0.25) is 0 Å². The molecule has 0 aromatic carbocycles. The third kappa shape index (κ3) is 2.05. The lowest BCUT2D eigenvalue weighted by Crippen LogP contribution is -2.21. The van der Waals surface area contributed by atoms with Crippen LogP contribution in [0.15, 0.2) is 12.2 Å². The topological polar surface area (TPSA) is 0 Å². The van der Waals surface area contributed by atoms with Crippen molar-refractivity contribution in [3.8, 4) is 0 Å². The molecule has 2 atom stereocenters. The lowest BCUT2D eigenvalue weighted by molar-refractivity contribution is 0.518. The van der Waals surface area contributed by atoms with Gasteiger partial charge in [0, 0.05) is 5.92 Å². The predicted molar refractivity (Wildman–Crippen MR) is 47.0 cm³/mol. The summed E-state index contributed by atoms with van der Waals surface area (Å²) in [6, 6.07) is 0. The number of hydrogen-bond donors (Lipinski definition) is 0. The summed E-state index contributed by atoms with van der Waals surface area (Å²) >= 11 is 17.3. The van der Waals surface area contributed by atoms with Crippen LogP contribution < -0.4 is 0 Å². The van der Waals surface area contributed by atoms with Crippen LogP contribution in [0.4, 0.5) is 0 Å². The summed E-state index contributed by atoms with van der Waals surface area (Å²) in [5.41, 5.74) is 0. The van der Waals surface area contributed by atoms with E-state index in [0.717, 1.165) is 12.8 Å². The highest BCUT2D eigenvalue weighted by atomic mass is 35.5. The van der Waals surface area contributed by atoms with Gasteiger partial charge in [0.05, 0.1) is 5.38 Å². The highest BCUT2D eigenvalue weighted by molar-refractivity contribution is 6.44. The van der Waals surface area contributed by atoms with Crippen LogP contribution >= 0.6 is 34.8 Å². The van der Waals surface area contributed by atoms with Crippen LogP contribution in [0.2, 0.25) is 0 Å². The summed E-state index contributed by atoms with van der Waals surface area (Å²) in [5, 5.41) is 0.0220. The minimum atomic E-state index is -0.326. The summed E-state index contributed by atoms with van der Waals surface area (Å²) < 4.78 is 0. The number of allylic oxidation sites excluding steroid dienone is 2. The second-order valence-electron chi connectivity index (χ2n) is 2.45. The van der Waals surface area contributed by atoms with Gasteiger partial charge in [0.25, 0.3) is 0 Å². The summed E-state index contributed by atoms with van der Waals surface area (Å²) in [6.45, 7) is 0. The van der Waals surface area contributed by atoms with Gasteiger partial charge in [-0.3, -0.25) is 0 Å². The van der Waals surface area contributed by atoms with Crippen molar-refractivity contribution in [2.24, 2.45) is 5.92 Å². The molecule has 0 nitrogen and oxygen atoms in total. The van der Waals surface area contributed by atoms with E-state index in [2.05, 4.69) is 6.08 Å². The van der Waals surface area contributed by atoms with Gasteiger partial charge >= 0.3 is 0 Å². The van der Waals surface area contributed by atoms with Crippen molar-refractivity contribution in [3.05, 3.63) is 12.2 Å². The van der Waals surface area contributed by atoms with Crippen LogP contribution in [-0.4, -0.2) is 10.2 Å². The molecule has 58 valence electrons. The Hall–Kier alpha value is 0.610. The molecule has 1 rings (SSSR count). The fraction of sp³-hybridized carbons (Fsp3) is 0.714. The van der Waals surface area contributed by atoms with Gasteiger partial charge in [-0.15, -0.1) is 34.8 Å². The molecule has 2 unspecified atom stereocenters. The first-order valence-electron chi connectivity index (χ1n) is 3.30. The van der Waals surface area contributed by atoms with E-state index >= 15 is 0 Å². The zero-order valence-corrected chi connectivity index (χ0v) is 7.70. The molecule has 10 heavy (non-hydrogen) atoms. The largest absolute Gasteiger partial charge is 0.118 e. The monoisotopic (exact) mass is 198 g/mol. The van der Waals surface area contributed by atoms with E-state index in [0.29, 0.717) is 0 Å². The smallest absolute Gasteiger partial charge is 0.112 e. The average Bonchev–Trinajstić information content (AvgIpc) is 1.88. The Morgan fingerprint density at radius 2 is 2.10 bits per heavy atom. The minimum Gasteiger partial charge on any atom is -0.118 e. The van der Waals surface area contributed by atoms with Crippen LogP contribution in [0.1, 0.15) is 12.8 Å². The molecular weight excluding hydrogens is 190 g/mol. The van der Waals surface area contributed by atoms with Crippen molar-refractivity contribution in [2.75, 3.05) is 0 Å². The first kappa shape index (κ1) is 8.70. The number of hydrogen-bond acceptors (Lipinski definition) is 0. The van der Waals surface area contributed by atoms with Gasteiger partial charge in [-0.25, -0.2) is 0 Å². The second-order valence-corrected chi connectivity index (χ2v) is 4.12. The first-order valence-corrected chi connectivity index (χ1v) is 4.61. The lowest BCUT2D eigenvalue weighted by atomic mass is 9.96. The Bertz CT molecular complexity index is 131. The Balaban J connectivity index is 2.52. The van der Waals surface area contributed by atoms with Crippen LogP contribution in [-0.2, 0) is 0 Å². The van der Waals surface area contributed by atoms with Crippen molar-refractivity contribution in [1.29, 1.82) is 0 Å². The minimum absolute atomic E-state index is 0.0220. The normalized spacial score (nSPS) is 33.2. The molecule has 0 amide bonds. The average molecular weight is 200 g/mol. The lowest BCUT2D eigenvalue weighted by Gasteiger charge is -2.23. The molecule has 0 spiro atoms. The Kier molecular flexibility index (Phi) is 3.35. The maximum absolute atomic E-state index is 5.92. The Labute approximate surface area is 76.1 Å². The third-order valence-corrected chi connectivity index (χ3v) is 2.84. The summed E-state index contributed by atoms with van der Waals surface area (Å²) in [7, 11) is 0. The van der Waals surface area contributed by atoms with Crippen molar-refractivity contribution >= 4 is 34.8 Å². The van der Waals surface area contributed by atoms with E-state index < -0.39 is 0 Å². The van der Waals surface area contributed by atoms with E-state index in [4.69, 9.17) is 34.8 Å². The molecule has 1 aliphatic carbocycles. The van der Waals surface area contributed by atoms with Crippen molar-refractivity contribution in [2.45, 2.75) is 23.1 Å². The molecule has 0 saturated carbocycles. The van der Waals surface area contributed by atoms with Gasteiger partial charge in [-0.2, -0.15) is 0 Å². The van der Waals surface area contributed by atoms with Gasteiger partial charge < -0.3 is 0 Å². The first-order chi connectivity index (χ1) is 4.72. The van der Waals surface area contributed by atoms with E-state index in [9.17, 15) is 0 Å². The predicted octanol–water partition coefficient (Wildman–Crippen LogP) is 3.36. The Morgan fingerprint density at radius 1 is 1.40 bits per heavy atom. The molecule has 0 N–H and O–H groups in total. The molecular formula is C7H9Cl3. The van der Waals surface area contributed by atoms with Gasteiger partial charge in [0.1, 0.15) is 4.84 Å². The molecule has 3 heteroatoms. The quantitative estimate of drug-likeness (QED) is 0.449. The van der Waals surface area contributed by atoms with Crippen LogP contribution in [0.3, 0.4) is 0 Å². The summed E-state index contributed by atoms with van der Waals surface area (Å²) in [4.78, 5) is -0.326. The summed E-state index contributed by atoms with van der Waals surface area (Å²) in [6.07, 6.45) is 6.09. The highest BCUT2D eigenvalue weighted by Gasteiger charge is 2.24. The molecule has 0 aromatic heterocycles. The maximum Gasteiger partial charge on any atom is 0.112 e. The molecule has 0 fully saturated rings. The molecule has 0 aromatic rings. The second kappa shape index (κ2) is 3.85.